The Balaban J connectivity index is 1.65. The Bertz CT molecular complexity index is 1780. The van der Waals surface area contributed by atoms with Gasteiger partial charge in [-0.3, -0.25) is 9.36 Å². The summed E-state index contributed by atoms with van der Waals surface area (Å²) < 4.78 is 29.8. The summed E-state index contributed by atoms with van der Waals surface area (Å²) in [5.74, 6) is 1.09. The van der Waals surface area contributed by atoms with Crippen molar-refractivity contribution in [2.45, 2.75) is 30.0 Å². The average molecular weight is 594 g/mol. The number of rotatable bonds is 9. The topological polar surface area (TPSA) is 114 Å². The number of carbonyl (C=O) groups excluding carboxylic acids is 1. The van der Waals surface area contributed by atoms with E-state index in [1.807, 2.05) is 24.3 Å². The standard InChI is InChI=1S/C29H27N3O7S2/c1-6-38-28(34)24-16(2)31-29-32(25(24)17-13-19(35-3)26(37-5)20(14-17)36-4)27(33)21(40-29)15-18-10-11-23(39-18)41-22-9-7-8-12-30-22/h7-15,25H,6H2,1-5H3/b21-15-/t25-/m0/s1. The summed E-state index contributed by atoms with van der Waals surface area (Å²) in [6.45, 7) is 3.61. The fraction of sp³-hybridized carbons (Fsp3) is 0.241. The van der Waals surface area contributed by atoms with E-state index in [0.29, 0.717) is 48.7 Å². The van der Waals surface area contributed by atoms with Gasteiger partial charge in [0.2, 0.25) is 5.75 Å². The van der Waals surface area contributed by atoms with Crippen LogP contribution < -0.4 is 29.1 Å². The smallest absolute Gasteiger partial charge is 0.338 e. The lowest BCUT2D eigenvalue weighted by molar-refractivity contribution is -0.139. The Morgan fingerprint density at radius 2 is 1.88 bits per heavy atom. The molecule has 4 aromatic rings. The van der Waals surface area contributed by atoms with Crippen LogP contribution in [0.2, 0.25) is 0 Å². The van der Waals surface area contributed by atoms with Gasteiger partial charge in [0, 0.05) is 12.3 Å². The molecule has 12 heteroatoms. The number of nitrogens with zero attached hydrogens (tertiary/aromatic N) is 3. The van der Waals surface area contributed by atoms with E-state index in [9.17, 15) is 9.59 Å². The van der Waals surface area contributed by atoms with Crippen molar-refractivity contribution in [3.05, 3.63) is 90.9 Å². The predicted molar refractivity (Wildman–Crippen MR) is 154 cm³/mol. The van der Waals surface area contributed by atoms with E-state index in [1.165, 1.54) is 49.0 Å². The molecule has 0 N–H and O–H groups in total. The molecule has 0 unspecified atom stereocenters. The third-order valence-electron chi connectivity index (χ3n) is 6.24. The summed E-state index contributed by atoms with van der Waals surface area (Å²) in [7, 11) is 4.51. The van der Waals surface area contributed by atoms with Crippen LogP contribution in [0.5, 0.6) is 17.2 Å². The monoisotopic (exact) mass is 593 g/mol. The molecule has 0 saturated carbocycles. The summed E-state index contributed by atoms with van der Waals surface area (Å²) in [5, 5.41) is 1.43. The molecule has 0 amide bonds. The Morgan fingerprint density at radius 3 is 2.51 bits per heavy atom. The number of aromatic nitrogens is 2. The first-order chi connectivity index (χ1) is 19.9. The lowest BCUT2D eigenvalue weighted by Gasteiger charge is -2.26. The first kappa shape index (κ1) is 28.2. The molecule has 1 aliphatic rings. The number of methoxy groups -OCH3 is 3. The quantitative estimate of drug-likeness (QED) is 0.266. The van der Waals surface area contributed by atoms with E-state index in [-0.39, 0.29) is 17.7 Å². The molecular weight excluding hydrogens is 566 g/mol. The molecule has 0 saturated heterocycles. The number of pyridine rings is 1. The van der Waals surface area contributed by atoms with Crippen LogP contribution in [0.15, 0.2) is 84.3 Å². The van der Waals surface area contributed by atoms with Crippen LogP contribution in [0, 0.1) is 0 Å². The molecular formula is C29H27N3O7S2. The highest BCUT2D eigenvalue weighted by atomic mass is 32.2. The summed E-state index contributed by atoms with van der Waals surface area (Å²) in [4.78, 5) is 36.5. The molecule has 212 valence electrons. The van der Waals surface area contributed by atoms with Crippen LogP contribution in [0.4, 0.5) is 0 Å². The molecule has 0 radical (unpaired) electrons. The minimum absolute atomic E-state index is 0.166. The largest absolute Gasteiger partial charge is 0.493 e. The van der Waals surface area contributed by atoms with Gasteiger partial charge in [-0.15, -0.1) is 0 Å². The van der Waals surface area contributed by atoms with Crippen LogP contribution >= 0.6 is 23.1 Å². The number of fused-ring (bicyclic) bond motifs is 1. The molecule has 41 heavy (non-hydrogen) atoms. The fourth-order valence-electron chi connectivity index (χ4n) is 4.47. The first-order valence-electron chi connectivity index (χ1n) is 12.6. The molecule has 5 rings (SSSR count). The average Bonchev–Trinajstić information content (AvgIpc) is 3.54. The van der Waals surface area contributed by atoms with Gasteiger partial charge in [-0.1, -0.05) is 17.4 Å². The van der Waals surface area contributed by atoms with E-state index >= 15 is 0 Å². The molecule has 4 heterocycles. The maximum absolute atomic E-state index is 13.9. The molecule has 10 nitrogen and oxygen atoms in total. The highest BCUT2D eigenvalue weighted by molar-refractivity contribution is 7.99. The Kier molecular flexibility index (Phi) is 8.31. The normalized spacial score (nSPS) is 14.9. The Morgan fingerprint density at radius 1 is 1.12 bits per heavy atom. The van der Waals surface area contributed by atoms with Crippen molar-refractivity contribution < 1.29 is 28.2 Å². The van der Waals surface area contributed by atoms with Gasteiger partial charge in [-0.05, 0) is 67.6 Å². The number of furan rings is 1. The second kappa shape index (κ2) is 12.1. The molecule has 3 aromatic heterocycles. The van der Waals surface area contributed by atoms with Gasteiger partial charge in [0.05, 0.1) is 49.8 Å². The second-order valence-corrected chi connectivity index (χ2v) is 10.7. The van der Waals surface area contributed by atoms with Crippen LogP contribution in [-0.2, 0) is 9.53 Å². The lowest BCUT2D eigenvalue weighted by Crippen LogP contribution is -2.40. The van der Waals surface area contributed by atoms with Gasteiger partial charge in [-0.2, -0.15) is 0 Å². The van der Waals surface area contributed by atoms with Crippen molar-refractivity contribution >= 4 is 35.1 Å². The summed E-state index contributed by atoms with van der Waals surface area (Å²) in [5.41, 5.74) is 0.919. The zero-order valence-electron chi connectivity index (χ0n) is 23.0. The van der Waals surface area contributed by atoms with Crippen molar-refractivity contribution in [3.63, 3.8) is 0 Å². The van der Waals surface area contributed by atoms with Crippen molar-refractivity contribution in [1.29, 1.82) is 0 Å². The third kappa shape index (κ3) is 5.52. The fourth-order valence-corrected chi connectivity index (χ4v) is 6.24. The lowest BCUT2D eigenvalue weighted by atomic mass is 9.95. The zero-order chi connectivity index (χ0) is 29.1. The van der Waals surface area contributed by atoms with Crippen LogP contribution in [-0.4, -0.2) is 43.5 Å². The van der Waals surface area contributed by atoms with Gasteiger partial charge in [0.1, 0.15) is 10.8 Å². The van der Waals surface area contributed by atoms with Gasteiger partial charge < -0.3 is 23.4 Å². The third-order valence-corrected chi connectivity index (χ3v) is 8.09. The molecule has 0 spiro atoms. The summed E-state index contributed by atoms with van der Waals surface area (Å²) in [6.07, 6.45) is 3.38. The number of allylic oxidation sites excluding steroid dienone is 1. The van der Waals surface area contributed by atoms with Crippen LogP contribution in [0.25, 0.3) is 6.08 Å². The number of benzene rings is 1. The van der Waals surface area contributed by atoms with E-state index in [2.05, 4.69) is 9.98 Å². The number of thiazole rings is 1. The van der Waals surface area contributed by atoms with Crippen molar-refractivity contribution in [1.82, 2.24) is 9.55 Å². The number of ether oxygens (including phenoxy) is 4. The molecule has 1 aromatic carbocycles. The van der Waals surface area contributed by atoms with E-state index in [1.54, 1.807) is 44.3 Å². The number of carbonyl (C=O) groups is 1. The highest BCUT2D eigenvalue weighted by Gasteiger charge is 2.34. The minimum Gasteiger partial charge on any atom is -0.493 e. The summed E-state index contributed by atoms with van der Waals surface area (Å²) >= 11 is 2.58. The van der Waals surface area contributed by atoms with Gasteiger partial charge in [-0.25, -0.2) is 14.8 Å². The SMILES string of the molecule is CCOC(=O)C1=C(C)N=c2s/c(=C\c3ccc(Sc4ccccn4)o3)c(=O)n2[C@H]1c1cc(OC)c(OC)c(OC)c1. The molecule has 0 aliphatic carbocycles. The molecule has 0 bridgehead atoms. The summed E-state index contributed by atoms with van der Waals surface area (Å²) in [6, 6.07) is 11.8. The first-order valence-corrected chi connectivity index (χ1v) is 14.2. The van der Waals surface area contributed by atoms with Gasteiger partial charge >= 0.3 is 5.97 Å². The Labute approximate surface area is 243 Å². The maximum Gasteiger partial charge on any atom is 0.338 e. The van der Waals surface area contributed by atoms with Crippen LogP contribution in [0.1, 0.15) is 31.2 Å². The highest BCUT2D eigenvalue weighted by Crippen LogP contribution is 2.42. The molecule has 1 aliphatic heterocycles. The number of hydrogen-bond acceptors (Lipinski definition) is 11. The van der Waals surface area contributed by atoms with E-state index < -0.39 is 12.0 Å². The predicted octanol–water partition coefficient (Wildman–Crippen LogP) is 3.96. The molecule has 0 fully saturated rings. The van der Waals surface area contributed by atoms with E-state index in [4.69, 9.17) is 23.4 Å². The van der Waals surface area contributed by atoms with Crippen molar-refractivity contribution in [2.24, 2.45) is 4.99 Å². The Hall–Kier alpha value is -4.29. The second-order valence-electron chi connectivity index (χ2n) is 8.69. The van der Waals surface area contributed by atoms with Gasteiger partial charge in [0.15, 0.2) is 21.4 Å². The number of hydrogen-bond donors (Lipinski definition) is 0. The minimum atomic E-state index is -0.854. The zero-order valence-corrected chi connectivity index (χ0v) is 24.6. The maximum atomic E-state index is 13.9. The van der Waals surface area contributed by atoms with Gasteiger partial charge in [0.25, 0.3) is 5.56 Å². The molecule has 1 atom stereocenters. The van der Waals surface area contributed by atoms with Crippen molar-refractivity contribution in [3.8, 4) is 17.2 Å². The number of esters is 1. The van der Waals surface area contributed by atoms with E-state index in [0.717, 1.165) is 5.03 Å². The van der Waals surface area contributed by atoms with Crippen LogP contribution in [0.3, 0.4) is 0 Å². The van der Waals surface area contributed by atoms with Crippen molar-refractivity contribution in [2.75, 3.05) is 27.9 Å².